The first kappa shape index (κ1) is 56.0. The largest absolute Gasteiger partial charge is 0.397 e. The van der Waals surface area contributed by atoms with Gasteiger partial charge in [0.05, 0.1) is 25.4 Å². The zero-order chi connectivity index (χ0) is 44.3. The highest BCUT2D eigenvalue weighted by Crippen LogP contribution is 2.26. The number of rotatable bonds is 38. The number of carbonyl (C=O) groups is 1. The Hall–Kier alpha value is -1.98. The molecule has 8 atom stereocenters. The summed E-state index contributed by atoms with van der Waals surface area (Å²) in [5, 5.41) is 55.1. The van der Waals surface area contributed by atoms with Crippen molar-refractivity contribution >= 4 is 16.3 Å². The van der Waals surface area contributed by atoms with Crippen molar-refractivity contribution in [2.75, 3.05) is 13.2 Å². The van der Waals surface area contributed by atoms with Crippen molar-refractivity contribution in [3.05, 3.63) is 48.6 Å². The van der Waals surface area contributed by atoms with Gasteiger partial charge in [-0.05, 0) is 57.8 Å². The maximum absolute atomic E-state index is 13.1. The summed E-state index contributed by atoms with van der Waals surface area (Å²) in [5.74, 6) is -0.719. The second-order valence-electron chi connectivity index (χ2n) is 16.1. The van der Waals surface area contributed by atoms with Crippen LogP contribution in [0.4, 0.5) is 0 Å². The Kier molecular flexibility index (Phi) is 34.1. The van der Waals surface area contributed by atoms with Crippen molar-refractivity contribution in [1.82, 2.24) is 5.32 Å². The molecule has 7 N–H and O–H groups in total. The number of unbranched alkanes of at least 4 members (excludes halogenated alkanes) is 20. The SMILES string of the molecule is CCCCC/C=C\C=C/CCCCCCCCCCCC(O)C(=O)NC(COC1OC(CO)C(O)C(OS(=O)(=O)O)C1O)C(O)/C=C/CC/C=C/CCCCCCCCC. The van der Waals surface area contributed by atoms with Crippen LogP contribution < -0.4 is 5.32 Å². The number of allylic oxidation sites excluding steroid dienone is 7. The summed E-state index contributed by atoms with van der Waals surface area (Å²) < 4.78 is 47.4. The summed E-state index contributed by atoms with van der Waals surface area (Å²) in [7, 11) is -5.12. The highest BCUT2D eigenvalue weighted by atomic mass is 32.3. The Bertz CT molecular complexity index is 1280. The van der Waals surface area contributed by atoms with Crippen LogP contribution in [-0.4, -0.2) is 107 Å². The first-order valence-electron chi connectivity index (χ1n) is 23.1. The van der Waals surface area contributed by atoms with E-state index in [9.17, 15) is 43.3 Å². The van der Waals surface area contributed by atoms with Crippen molar-refractivity contribution in [2.45, 2.75) is 223 Å². The van der Waals surface area contributed by atoms with E-state index in [0.717, 1.165) is 57.8 Å². The van der Waals surface area contributed by atoms with E-state index in [0.29, 0.717) is 12.8 Å². The smallest absolute Gasteiger partial charge is 0.394 e. The minimum atomic E-state index is -5.12. The summed E-state index contributed by atoms with van der Waals surface area (Å²) >= 11 is 0. The van der Waals surface area contributed by atoms with Crippen LogP contribution in [0.25, 0.3) is 0 Å². The predicted molar refractivity (Wildman–Crippen MR) is 237 cm³/mol. The highest BCUT2D eigenvalue weighted by molar-refractivity contribution is 7.80. The summed E-state index contributed by atoms with van der Waals surface area (Å²) in [6.07, 6.45) is 31.9. The summed E-state index contributed by atoms with van der Waals surface area (Å²) in [4.78, 5) is 13.1. The van der Waals surface area contributed by atoms with Crippen LogP contribution in [0.2, 0.25) is 0 Å². The Balaban J connectivity index is 2.59. The van der Waals surface area contributed by atoms with Gasteiger partial charge in [-0.25, -0.2) is 4.18 Å². The third-order valence-corrected chi connectivity index (χ3v) is 11.2. The minimum Gasteiger partial charge on any atom is -0.394 e. The maximum Gasteiger partial charge on any atom is 0.397 e. The van der Waals surface area contributed by atoms with E-state index >= 15 is 0 Å². The molecule has 0 aromatic rings. The number of aliphatic hydroxyl groups excluding tert-OH is 5. The Morgan fingerprint density at radius 3 is 1.73 bits per heavy atom. The van der Waals surface area contributed by atoms with Gasteiger partial charge in [-0.3, -0.25) is 9.35 Å². The Morgan fingerprint density at radius 2 is 1.17 bits per heavy atom. The van der Waals surface area contributed by atoms with E-state index in [4.69, 9.17) is 9.47 Å². The predicted octanol–water partition coefficient (Wildman–Crippen LogP) is 7.85. The molecule has 1 saturated heterocycles. The van der Waals surface area contributed by atoms with Crippen LogP contribution in [0.15, 0.2) is 48.6 Å². The van der Waals surface area contributed by atoms with Crippen LogP contribution in [0.5, 0.6) is 0 Å². The molecule has 8 unspecified atom stereocenters. The lowest BCUT2D eigenvalue weighted by Gasteiger charge is -2.41. The van der Waals surface area contributed by atoms with Gasteiger partial charge in [0.25, 0.3) is 0 Å². The zero-order valence-corrected chi connectivity index (χ0v) is 37.7. The van der Waals surface area contributed by atoms with Crippen LogP contribution >= 0.6 is 0 Å². The molecule has 13 nitrogen and oxygen atoms in total. The van der Waals surface area contributed by atoms with Gasteiger partial charge in [-0.1, -0.05) is 165 Å². The molecule has 0 radical (unpaired) electrons. The van der Waals surface area contributed by atoms with Gasteiger partial charge in [0.15, 0.2) is 6.29 Å². The second-order valence-corrected chi connectivity index (χ2v) is 17.2. The molecule has 1 fully saturated rings. The van der Waals surface area contributed by atoms with E-state index in [1.54, 1.807) is 6.08 Å². The van der Waals surface area contributed by atoms with Crippen molar-refractivity contribution in [3.63, 3.8) is 0 Å². The molecule has 0 aromatic carbocycles. The molecule has 350 valence electrons. The molecule has 1 rings (SSSR count). The molecule has 0 bridgehead atoms. The van der Waals surface area contributed by atoms with E-state index in [-0.39, 0.29) is 6.42 Å². The number of nitrogens with one attached hydrogen (secondary N) is 1. The first-order chi connectivity index (χ1) is 28.9. The van der Waals surface area contributed by atoms with Crippen LogP contribution in [0, 0.1) is 0 Å². The fraction of sp³-hybridized carbons (Fsp3) is 0.804. The number of hydrogen-bond donors (Lipinski definition) is 7. The number of carbonyl (C=O) groups excluding carboxylic acids is 1. The molecular formula is C46H83NO12S. The zero-order valence-electron chi connectivity index (χ0n) is 36.9. The molecule has 1 aliphatic rings. The quantitative estimate of drug-likeness (QED) is 0.0137. The molecule has 0 saturated carbocycles. The van der Waals surface area contributed by atoms with E-state index < -0.39 is 78.5 Å². The average molecular weight is 874 g/mol. The third kappa shape index (κ3) is 28.6. The molecule has 1 amide bonds. The standard InChI is InChI=1S/C46H83NO12S/c1-3-5-7-9-11-13-15-17-18-19-20-21-23-25-27-29-31-33-35-40(50)45(53)47-38(39(49)34-32-30-28-26-24-22-16-14-12-10-8-6-4-2)37-57-46-43(52)44(59-60(54,55)56)42(51)41(36-48)58-46/h11,13,15,17,24,26,32,34,38-44,46,48-52H,3-10,12,14,16,18-23,25,27-31,33,35-37H2,1-2H3,(H,47,53)(H,54,55,56)/b13-11-,17-15-,26-24+,34-32+. The Morgan fingerprint density at radius 1 is 0.683 bits per heavy atom. The van der Waals surface area contributed by atoms with E-state index in [1.807, 2.05) is 0 Å². The maximum atomic E-state index is 13.1. The van der Waals surface area contributed by atoms with Gasteiger partial charge < -0.3 is 40.3 Å². The third-order valence-electron chi connectivity index (χ3n) is 10.7. The van der Waals surface area contributed by atoms with Crippen molar-refractivity contribution < 1.29 is 57.0 Å². The molecule has 1 heterocycles. The fourth-order valence-corrected chi connectivity index (χ4v) is 7.50. The van der Waals surface area contributed by atoms with E-state index in [2.05, 4.69) is 59.8 Å². The number of aliphatic hydroxyl groups is 5. The van der Waals surface area contributed by atoms with Gasteiger partial charge in [0.1, 0.15) is 30.5 Å². The lowest BCUT2D eigenvalue weighted by Crippen LogP contribution is -2.61. The first-order valence-corrected chi connectivity index (χ1v) is 24.5. The Labute approximate surface area is 362 Å². The molecule has 14 heteroatoms. The van der Waals surface area contributed by atoms with Crippen LogP contribution in [0.3, 0.4) is 0 Å². The van der Waals surface area contributed by atoms with Gasteiger partial charge in [0.2, 0.25) is 5.91 Å². The lowest BCUT2D eigenvalue weighted by molar-refractivity contribution is -0.298. The monoisotopic (exact) mass is 874 g/mol. The topological polar surface area (TPSA) is 212 Å². The van der Waals surface area contributed by atoms with Crippen molar-refractivity contribution in [3.8, 4) is 0 Å². The minimum absolute atomic E-state index is 0.229. The van der Waals surface area contributed by atoms with E-state index in [1.165, 1.54) is 89.5 Å². The number of ether oxygens (including phenoxy) is 2. The lowest BCUT2D eigenvalue weighted by atomic mass is 9.99. The highest BCUT2D eigenvalue weighted by Gasteiger charge is 2.48. The molecule has 0 aliphatic carbocycles. The fourth-order valence-electron chi connectivity index (χ4n) is 7.00. The van der Waals surface area contributed by atoms with Crippen molar-refractivity contribution in [1.29, 1.82) is 0 Å². The number of hydrogen-bond acceptors (Lipinski definition) is 11. The molecule has 1 aliphatic heterocycles. The van der Waals surface area contributed by atoms with Crippen LogP contribution in [-0.2, 0) is 28.9 Å². The van der Waals surface area contributed by atoms with Gasteiger partial charge in [-0.2, -0.15) is 8.42 Å². The van der Waals surface area contributed by atoms with Crippen LogP contribution in [0.1, 0.15) is 174 Å². The molecular weight excluding hydrogens is 791 g/mol. The normalized spacial score (nSPS) is 21.8. The summed E-state index contributed by atoms with van der Waals surface area (Å²) in [6.45, 7) is 3.14. The number of amides is 1. The average Bonchev–Trinajstić information content (AvgIpc) is 3.22. The molecule has 0 aromatic heterocycles. The molecule has 60 heavy (non-hydrogen) atoms. The van der Waals surface area contributed by atoms with Gasteiger partial charge in [-0.15, -0.1) is 0 Å². The second kappa shape index (κ2) is 36.5. The summed E-state index contributed by atoms with van der Waals surface area (Å²) in [6, 6.07) is -1.14. The molecule has 0 spiro atoms. The van der Waals surface area contributed by atoms with Gasteiger partial charge in [0, 0.05) is 0 Å². The van der Waals surface area contributed by atoms with Gasteiger partial charge >= 0.3 is 10.4 Å². The summed E-state index contributed by atoms with van der Waals surface area (Å²) in [5.41, 5.74) is 0. The van der Waals surface area contributed by atoms with Crippen molar-refractivity contribution in [2.24, 2.45) is 0 Å².